The van der Waals surface area contributed by atoms with Gasteiger partial charge in [-0.3, -0.25) is 0 Å². The lowest BCUT2D eigenvalue weighted by Crippen LogP contribution is -2.36. The minimum atomic E-state index is 0.814. The van der Waals surface area contributed by atoms with Crippen molar-refractivity contribution in [2.45, 2.75) is 53.0 Å². The Balaban J connectivity index is 0.000000354. The minimum Gasteiger partial charge on any atom is -0.304 e. The van der Waals surface area contributed by atoms with Gasteiger partial charge in [0.1, 0.15) is 0 Å². The Morgan fingerprint density at radius 1 is 1.25 bits per heavy atom. The van der Waals surface area contributed by atoms with E-state index in [4.69, 9.17) is 0 Å². The van der Waals surface area contributed by atoms with Crippen LogP contribution in [0.3, 0.4) is 0 Å². The van der Waals surface area contributed by atoms with Gasteiger partial charge >= 0.3 is 0 Å². The maximum Gasteiger partial charge on any atom is 0.00664 e. The van der Waals surface area contributed by atoms with Gasteiger partial charge in [-0.15, -0.1) is 0 Å². The fraction of sp³-hybridized carbons (Fsp3) is 1.00. The van der Waals surface area contributed by atoms with E-state index in [1.165, 1.54) is 25.8 Å². The summed E-state index contributed by atoms with van der Waals surface area (Å²) in [6.45, 7) is 10.2. The Kier molecular flexibility index (Phi) is 6.45. The summed E-state index contributed by atoms with van der Waals surface area (Å²) < 4.78 is 0. The van der Waals surface area contributed by atoms with Crippen LogP contribution >= 0.6 is 0 Å². The van der Waals surface area contributed by atoms with E-state index in [-0.39, 0.29) is 0 Å². The van der Waals surface area contributed by atoms with Crippen LogP contribution in [0.2, 0.25) is 0 Å². The van der Waals surface area contributed by atoms with Crippen molar-refractivity contribution in [2.75, 3.05) is 13.6 Å². The van der Waals surface area contributed by atoms with Gasteiger partial charge in [0.15, 0.2) is 0 Å². The highest BCUT2D eigenvalue weighted by molar-refractivity contribution is 4.73. The van der Waals surface area contributed by atoms with Crippen LogP contribution in [0, 0.1) is 5.92 Å². The molecule has 2 atom stereocenters. The van der Waals surface area contributed by atoms with Crippen LogP contribution in [0.5, 0.6) is 0 Å². The van der Waals surface area contributed by atoms with Crippen LogP contribution in [-0.4, -0.2) is 24.5 Å². The van der Waals surface area contributed by atoms with Gasteiger partial charge in [0, 0.05) is 6.04 Å². The van der Waals surface area contributed by atoms with E-state index in [1.807, 2.05) is 0 Å². The van der Waals surface area contributed by atoms with Crippen LogP contribution in [0.4, 0.5) is 0 Å². The standard InChI is InChI=1S/C8H17N.C3H8/c1-7-4-5-9(3)8(2)6-7;1-3-2/h7-8H,4-6H2,1-3H3;3H2,1-2H3. The van der Waals surface area contributed by atoms with E-state index in [1.54, 1.807) is 0 Å². The van der Waals surface area contributed by atoms with Crippen molar-refractivity contribution < 1.29 is 0 Å². The number of nitrogens with zero attached hydrogens (tertiary/aromatic N) is 1. The van der Waals surface area contributed by atoms with E-state index >= 15 is 0 Å². The van der Waals surface area contributed by atoms with Crippen molar-refractivity contribution in [2.24, 2.45) is 5.92 Å². The average molecular weight is 171 g/mol. The van der Waals surface area contributed by atoms with Crippen molar-refractivity contribution in [3.05, 3.63) is 0 Å². The monoisotopic (exact) mass is 171 g/mol. The Morgan fingerprint density at radius 3 is 2.08 bits per heavy atom. The number of likely N-dealkylation sites (tertiary alicyclic amines) is 1. The molecule has 1 aliphatic rings. The summed E-state index contributed by atoms with van der Waals surface area (Å²) in [7, 11) is 2.22. The molecule has 2 unspecified atom stereocenters. The fourth-order valence-electron chi connectivity index (χ4n) is 1.52. The van der Waals surface area contributed by atoms with Crippen LogP contribution < -0.4 is 0 Å². The molecule has 1 saturated heterocycles. The minimum absolute atomic E-state index is 0.814. The van der Waals surface area contributed by atoms with E-state index in [0.717, 1.165) is 12.0 Å². The molecule has 0 saturated carbocycles. The maximum atomic E-state index is 2.44. The van der Waals surface area contributed by atoms with E-state index in [2.05, 4.69) is 39.6 Å². The molecule has 1 aliphatic heterocycles. The van der Waals surface area contributed by atoms with Gasteiger partial charge in [0.25, 0.3) is 0 Å². The van der Waals surface area contributed by atoms with Gasteiger partial charge in [0.2, 0.25) is 0 Å². The molecule has 0 bridgehead atoms. The molecule has 0 aliphatic carbocycles. The predicted octanol–water partition coefficient (Wildman–Crippen LogP) is 3.15. The van der Waals surface area contributed by atoms with Gasteiger partial charge in [-0.05, 0) is 39.3 Å². The summed E-state index contributed by atoms with van der Waals surface area (Å²) >= 11 is 0. The first kappa shape index (κ1) is 12.0. The first-order chi connectivity index (χ1) is 5.61. The molecule has 0 radical (unpaired) electrons. The molecule has 0 spiro atoms. The zero-order valence-corrected chi connectivity index (χ0v) is 9.43. The Labute approximate surface area is 78.1 Å². The second-order valence-electron chi connectivity index (χ2n) is 4.17. The van der Waals surface area contributed by atoms with Gasteiger partial charge in [-0.25, -0.2) is 0 Å². The fourth-order valence-corrected chi connectivity index (χ4v) is 1.52. The van der Waals surface area contributed by atoms with Crippen molar-refractivity contribution >= 4 is 0 Å². The summed E-state index contributed by atoms with van der Waals surface area (Å²) in [5, 5.41) is 0. The molecule has 0 aromatic carbocycles. The topological polar surface area (TPSA) is 3.24 Å². The molecular weight excluding hydrogens is 146 g/mol. The third-order valence-electron chi connectivity index (χ3n) is 2.47. The lowest BCUT2D eigenvalue weighted by molar-refractivity contribution is 0.162. The molecule has 1 heteroatoms. The summed E-state index contributed by atoms with van der Waals surface area (Å²) in [6.07, 6.45) is 4.03. The van der Waals surface area contributed by atoms with Crippen LogP contribution in [-0.2, 0) is 0 Å². The Hall–Kier alpha value is -0.0400. The highest BCUT2D eigenvalue weighted by Crippen LogP contribution is 2.19. The van der Waals surface area contributed by atoms with Crippen LogP contribution in [0.25, 0.3) is 0 Å². The molecule has 74 valence electrons. The van der Waals surface area contributed by atoms with E-state index < -0.39 is 0 Å². The third-order valence-corrected chi connectivity index (χ3v) is 2.47. The highest BCUT2D eigenvalue weighted by Gasteiger charge is 2.18. The number of hydrogen-bond donors (Lipinski definition) is 0. The Morgan fingerprint density at radius 2 is 1.75 bits per heavy atom. The average Bonchev–Trinajstić information content (AvgIpc) is 1.99. The molecule has 1 fully saturated rings. The predicted molar refractivity (Wildman–Crippen MR) is 56.5 cm³/mol. The number of piperidine rings is 1. The van der Waals surface area contributed by atoms with Crippen LogP contribution in [0.15, 0.2) is 0 Å². The molecule has 0 aromatic rings. The summed E-state index contributed by atoms with van der Waals surface area (Å²) in [4.78, 5) is 2.44. The Bertz CT molecular complexity index is 101. The molecule has 0 aromatic heterocycles. The van der Waals surface area contributed by atoms with Crippen molar-refractivity contribution in [3.8, 4) is 0 Å². The lowest BCUT2D eigenvalue weighted by atomic mass is 9.94. The zero-order chi connectivity index (χ0) is 9.56. The van der Waals surface area contributed by atoms with Crippen molar-refractivity contribution in [1.29, 1.82) is 0 Å². The maximum absolute atomic E-state index is 2.44. The summed E-state index contributed by atoms with van der Waals surface area (Å²) in [5.74, 6) is 0.955. The SMILES string of the molecule is CC1CCN(C)C(C)C1.CCC. The molecule has 0 amide bonds. The normalized spacial score (nSPS) is 30.8. The summed E-state index contributed by atoms with van der Waals surface area (Å²) in [5.41, 5.74) is 0. The lowest BCUT2D eigenvalue weighted by Gasteiger charge is -2.33. The molecular formula is C11H25N. The number of hydrogen-bond acceptors (Lipinski definition) is 1. The van der Waals surface area contributed by atoms with E-state index in [9.17, 15) is 0 Å². The molecule has 1 heterocycles. The largest absolute Gasteiger partial charge is 0.304 e. The molecule has 12 heavy (non-hydrogen) atoms. The first-order valence-corrected chi connectivity index (χ1v) is 5.32. The van der Waals surface area contributed by atoms with Gasteiger partial charge in [0.05, 0.1) is 0 Å². The molecule has 1 rings (SSSR count). The second-order valence-corrected chi connectivity index (χ2v) is 4.17. The van der Waals surface area contributed by atoms with E-state index in [0.29, 0.717) is 0 Å². The third kappa shape index (κ3) is 4.76. The second kappa shape index (κ2) is 6.47. The van der Waals surface area contributed by atoms with Gasteiger partial charge in [-0.2, -0.15) is 0 Å². The quantitative estimate of drug-likeness (QED) is 0.541. The van der Waals surface area contributed by atoms with Gasteiger partial charge in [-0.1, -0.05) is 27.2 Å². The highest BCUT2D eigenvalue weighted by atomic mass is 15.1. The van der Waals surface area contributed by atoms with Crippen molar-refractivity contribution in [3.63, 3.8) is 0 Å². The molecule has 0 N–H and O–H groups in total. The smallest absolute Gasteiger partial charge is 0.00664 e. The molecule has 1 nitrogen and oxygen atoms in total. The van der Waals surface area contributed by atoms with Gasteiger partial charge < -0.3 is 4.90 Å². The first-order valence-electron chi connectivity index (χ1n) is 5.32. The summed E-state index contributed by atoms with van der Waals surface area (Å²) in [6, 6.07) is 0.814. The zero-order valence-electron chi connectivity index (χ0n) is 9.43. The van der Waals surface area contributed by atoms with Crippen molar-refractivity contribution in [1.82, 2.24) is 4.90 Å². The van der Waals surface area contributed by atoms with Crippen LogP contribution in [0.1, 0.15) is 47.0 Å². The number of rotatable bonds is 0.